The van der Waals surface area contributed by atoms with Crippen LogP contribution in [0.3, 0.4) is 0 Å². The van der Waals surface area contributed by atoms with E-state index in [1.807, 2.05) is 6.07 Å². The topological polar surface area (TPSA) is 61.2 Å². The van der Waals surface area contributed by atoms with Crippen LogP contribution in [-0.2, 0) is 15.8 Å². The molecule has 1 aliphatic carbocycles. The molecule has 19 heavy (non-hydrogen) atoms. The summed E-state index contributed by atoms with van der Waals surface area (Å²) in [5.74, 6) is -0.857. The molecule has 0 radical (unpaired) electrons. The zero-order chi connectivity index (χ0) is 14.0. The first-order chi connectivity index (χ1) is 8.94. The third kappa shape index (κ3) is 3.44. The standard InChI is InChI=1S/C12H12ClFN2O2S/c13-11-7-9(1-4-12(11)14)8-19(17,18)16(6-5-15)10-2-3-10/h1,4,7,10H,2-3,6,8H2. The fourth-order valence-corrected chi connectivity index (χ4v) is 3.70. The Kier molecular flexibility index (Phi) is 4.09. The van der Waals surface area contributed by atoms with E-state index < -0.39 is 15.8 Å². The van der Waals surface area contributed by atoms with E-state index in [9.17, 15) is 12.8 Å². The van der Waals surface area contributed by atoms with Gasteiger partial charge in [0.1, 0.15) is 12.4 Å². The molecular weight excluding hydrogens is 291 g/mol. The molecule has 7 heteroatoms. The van der Waals surface area contributed by atoms with Gasteiger partial charge in [0, 0.05) is 6.04 Å². The molecule has 0 atom stereocenters. The number of hydrogen-bond acceptors (Lipinski definition) is 3. The van der Waals surface area contributed by atoms with Gasteiger partial charge >= 0.3 is 0 Å². The minimum Gasteiger partial charge on any atom is -0.212 e. The summed E-state index contributed by atoms with van der Waals surface area (Å²) in [4.78, 5) is 0. The average molecular weight is 303 g/mol. The Morgan fingerprint density at radius 3 is 2.68 bits per heavy atom. The summed E-state index contributed by atoms with van der Waals surface area (Å²) < 4.78 is 38.6. The van der Waals surface area contributed by atoms with E-state index in [0.717, 1.165) is 18.9 Å². The van der Waals surface area contributed by atoms with Gasteiger partial charge in [0.05, 0.1) is 16.8 Å². The maximum atomic E-state index is 13.0. The zero-order valence-corrected chi connectivity index (χ0v) is 11.6. The summed E-state index contributed by atoms with van der Waals surface area (Å²) in [6, 6.07) is 5.61. The number of hydrogen-bond donors (Lipinski definition) is 0. The number of nitriles is 1. The number of halogens is 2. The summed E-state index contributed by atoms with van der Waals surface area (Å²) in [5.41, 5.74) is 0.412. The van der Waals surface area contributed by atoms with Crippen molar-refractivity contribution in [2.75, 3.05) is 6.54 Å². The third-order valence-corrected chi connectivity index (χ3v) is 5.00. The van der Waals surface area contributed by atoms with Crippen LogP contribution in [0.1, 0.15) is 18.4 Å². The quantitative estimate of drug-likeness (QED) is 0.784. The van der Waals surface area contributed by atoms with E-state index in [0.29, 0.717) is 5.56 Å². The average Bonchev–Trinajstić information content (AvgIpc) is 3.14. The molecule has 0 saturated heterocycles. The van der Waals surface area contributed by atoms with Crippen molar-refractivity contribution in [1.82, 2.24) is 4.31 Å². The van der Waals surface area contributed by atoms with Crippen LogP contribution in [-0.4, -0.2) is 25.3 Å². The number of benzene rings is 1. The lowest BCUT2D eigenvalue weighted by molar-refractivity contribution is 0.438. The molecule has 4 nitrogen and oxygen atoms in total. The van der Waals surface area contributed by atoms with E-state index in [1.54, 1.807) is 0 Å². The summed E-state index contributed by atoms with van der Waals surface area (Å²) in [6.45, 7) is -0.151. The molecule has 1 aromatic rings. The van der Waals surface area contributed by atoms with Crippen molar-refractivity contribution in [3.05, 3.63) is 34.6 Å². The molecule has 0 aliphatic heterocycles. The van der Waals surface area contributed by atoms with Gasteiger partial charge in [-0.15, -0.1) is 0 Å². The molecule has 0 aromatic heterocycles. The Hall–Kier alpha value is -1.16. The lowest BCUT2D eigenvalue weighted by atomic mass is 10.2. The minimum absolute atomic E-state index is 0.0689. The van der Waals surface area contributed by atoms with Gasteiger partial charge in [0.2, 0.25) is 10.0 Å². The Morgan fingerprint density at radius 1 is 1.47 bits per heavy atom. The highest BCUT2D eigenvalue weighted by molar-refractivity contribution is 7.88. The van der Waals surface area contributed by atoms with E-state index in [2.05, 4.69) is 0 Å². The Labute approximate surface area is 116 Å². The van der Waals surface area contributed by atoms with Gasteiger partial charge in [-0.3, -0.25) is 0 Å². The van der Waals surface area contributed by atoms with Gasteiger partial charge in [0.15, 0.2) is 0 Å². The van der Waals surface area contributed by atoms with Crippen LogP contribution in [0.15, 0.2) is 18.2 Å². The van der Waals surface area contributed by atoms with Crippen LogP contribution in [0.5, 0.6) is 0 Å². The molecule has 0 unspecified atom stereocenters. The molecule has 0 N–H and O–H groups in total. The predicted molar refractivity (Wildman–Crippen MR) is 69.4 cm³/mol. The number of rotatable bonds is 5. The summed E-state index contributed by atoms with van der Waals surface area (Å²) in [5, 5.41) is 8.59. The van der Waals surface area contributed by atoms with Gasteiger partial charge < -0.3 is 0 Å². The highest BCUT2D eigenvalue weighted by Crippen LogP contribution is 2.30. The predicted octanol–water partition coefficient (Wildman–Crippen LogP) is 2.30. The molecule has 102 valence electrons. The first-order valence-electron chi connectivity index (χ1n) is 5.74. The van der Waals surface area contributed by atoms with Crippen molar-refractivity contribution in [2.24, 2.45) is 0 Å². The van der Waals surface area contributed by atoms with Crippen LogP contribution in [0, 0.1) is 17.1 Å². The molecule has 0 bridgehead atoms. The molecule has 0 amide bonds. The lowest BCUT2D eigenvalue weighted by Gasteiger charge is -2.18. The molecule has 1 saturated carbocycles. The second kappa shape index (κ2) is 5.45. The molecule has 1 fully saturated rings. The van der Waals surface area contributed by atoms with Crippen LogP contribution < -0.4 is 0 Å². The molecule has 2 rings (SSSR count). The summed E-state index contributed by atoms with van der Waals surface area (Å²) >= 11 is 5.62. The monoisotopic (exact) mass is 302 g/mol. The van der Waals surface area contributed by atoms with Gasteiger partial charge in [-0.05, 0) is 30.5 Å². The SMILES string of the molecule is N#CCN(C1CC1)S(=O)(=O)Cc1ccc(F)c(Cl)c1. The largest absolute Gasteiger partial charge is 0.219 e. The third-order valence-electron chi connectivity index (χ3n) is 2.87. The van der Waals surface area contributed by atoms with E-state index >= 15 is 0 Å². The Balaban J connectivity index is 2.20. The van der Waals surface area contributed by atoms with Gasteiger partial charge in [-0.1, -0.05) is 17.7 Å². The van der Waals surface area contributed by atoms with Crippen molar-refractivity contribution in [2.45, 2.75) is 24.6 Å². The van der Waals surface area contributed by atoms with Gasteiger partial charge in [0.25, 0.3) is 0 Å². The summed E-state index contributed by atoms with van der Waals surface area (Å²) in [7, 11) is -3.57. The summed E-state index contributed by atoms with van der Waals surface area (Å²) in [6.07, 6.45) is 1.57. The molecule has 1 aliphatic rings. The van der Waals surface area contributed by atoms with Crippen LogP contribution in [0.25, 0.3) is 0 Å². The number of nitrogens with zero attached hydrogens (tertiary/aromatic N) is 2. The second-order valence-corrected chi connectivity index (χ2v) is 6.77. The molecule has 1 aromatic carbocycles. The first kappa shape index (κ1) is 14.3. The molecular formula is C12H12ClFN2O2S. The van der Waals surface area contributed by atoms with E-state index in [-0.39, 0.29) is 23.4 Å². The fourth-order valence-electron chi connectivity index (χ4n) is 1.81. The molecule has 0 spiro atoms. The first-order valence-corrected chi connectivity index (χ1v) is 7.73. The fraction of sp³-hybridized carbons (Fsp3) is 0.417. The van der Waals surface area contributed by atoms with Crippen molar-refractivity contribution < 1.29 is 12.8 Å². The highest BCUT2D eigenvalue weighted by Gasteiger charge is 2.36. The zero-order valence-electron chi connectivity index (χ0n) is 10.0. The maximum Gasteiger partial charge on any atom is 0.219 e. The lowest BCUT2D eigenvalue weighted by Crippen LogP contribution is -2.34. The smallest absolute Gasteiger partial charge is 0.212 e. The Morgan fingerprint density at radius 2 is 2.16 bits per heavy atom. The van der Waals surface area contributed by atoms with Crippen molar-refractivity contribution in [3.8, 4) is 6.07 Å². The number of sulfonamides is 1. The van der Waals surface area contributed by atoms with Crippen LogP contribution >= 0.6 is 11.6 Å². The maximum absolute atomic E-state index is 13.0. The second-order valence-electron chi connectivity index (χ2n) is 4.44. The molecule has 0 heterocycles. The van der Waals surface area contributed by atoms with Gasteiger partial charge in [-0.25, -0.2) is 12.8 Å². The van der Waals surface area contributed by atoms with Crippen LogP contribution in [0.4, 0.5) is 4.39 Å². The van der Waals surface area contributed by atoms with Crippen LogP contribution in [0.2, 0.25) is 5.02 Å². The Bertz CT molecular complexity index is 623. The van der Waals surface area contributed by atoms with Crippen molar-refractivity contribution in [3.63, 3.8) is 0 Å². The van der Waals surface area contributed by atoms with E-state index in [1.165, 1.54) is 16.4 Å². The highest BCUT2D eigenvalue weighted by atomic mass is 35.5. The normalized spacial score (nSPS) is 15.5. The van der Waals surface area contributed by atoms with Crippen molar-refractivity contribution in [1.29, 1.82) is 5.26 Å². The van der Waals surface area contributed by atoms with E-state index in [4.69, 9.17) is 16.9 Å². The minimum atomic E-state index is -3.57. The van der Waals surface area contributed by atoms with Crippen molar-refractivity contribution >= 4 is 21.6 Å². The van der Waals surface area contributed by atoms with Gasteiger partial charge in [-0.2, -0.15) is 9.57 Å².